The molecular weight excluding hydrogens is 374 g/mol. The number of hydrazone groups is 1. The topological polar surface area (TPSA) is 111 Å². The Morgan fingerprint density at radius 1 is 0.931 bits per heavy atom. The minimum atomic E-state index is -0.722. The Kier molecular flexibility index (Phi) is 6.06. The fourth-order valence-corrected chi connectivity index (χ4v) is 2.39. The lowest BCUT2D eigenvalue weighted by molar-refractivity contribution is -0.384. The zero-order chi connectivity index (χ0) is 20.6. The van der Waals surface area contributed by atoms with Gasteiger partial charge in [0.2, 0.25) is 0 Å². The van der Waals surface area contributed by atoms with Gasteiger partial charge in [-0.2, -0.15) is 5.10 Å². The highest BCUT2D eigenvalue weighted by molar-refractivity contribution is 5.95. The smallest absolute Gasteiger partial charge is 0.343 e. The molecule has 8 heteroatoms. The van der Waals surface area contributed by atoms with Crippen LogP contribution in [0.2, 0.25) is 0 Å². The van der Waals surface area contributed by atoms with Crippen LogP contribution in [0.15, 0.2) is 84.0 Å². The van der Waals surface area contributed by atoms with E-state index >= 15 is 0 Å². The Hall–Kier alpha value is -4.33. The number of esters is 1. The number of nitrogens with one attached hydrogen (secondary N) is 1. The van der Waals surface area contributed by atoms with E-state index in [1.807, 2.05) is 0 Å². The van der Waals surface area contributed by atoms with Gasteiger partial charge in [0.1, 0.15) is 5.75 Å². The average Bonchev–Trinajstić information content (AvgIpc) is 2.74. The van der Waals surface area contributed by atoms with Crippen molar-refractivity contribution in [3.8, 4) is 5.75 Å². The summed E-state index contributed by atoms with van der Waals surface area (Å²) in [6.07, 6.45) is 1.41. The molecule has 1 amide bonds. The number of carbonyl (C=O) groups excluding carboxylic acids is 2. The molecule has 0 saturated carbocycles. The molecular formula is C21H15N3O5. The Bertz CT molecular complexity index is 1080. The minimum absolute atomic E-state index is 0.0633. The number of ether oxygens (including phenoxy) is 1. The van der Waals surface area contributed by atoms with E-state index in [9.17, 15) is 19.7 Å². The second-order valence-corrected chi connectivity index (χ2v) is 5.83. The van der Waals surface area contributed by atoms with Crippen LogP contribution >= 0.6 is 0 Å². The van der Waals surface area contributed by atoms with E-state index in [-0.39, 0.29) is 22.9 Å². The number of hydrogen-bond donors (Lipinski definition) is 1. The molecule has 3 aromatic rings. The molecule has 0 fully saturated rings. The maximum atomic E-state index is 12.2. The number of nitro benzene ring substituents is 1. The first-order chi connectivity index (χ1) is 14.0. The first kappa shape index (κ1) is 19.4. The number of nitro groups is 1. The normalized spacial score (nSPS) is 10.5. The lowest BCUT2D eigenvalue weighted by atomic mass is 10.2. The number of non-ortho nitro benzene ring substituents is 1. The Morgan fingerprint density at radius 2 is 1.66 bits per heavy atom. The van der Waals surface area contributed by atoms with E-state index < -0.39 is 10.9 Å². The molecule has 0 aliphatic heterocycles. The summed E-state index contributed by atoms with van der Waals surface area (Å²) >= 11 is 0. The van der Waals surface area contributed by atoms with Crippen LogP contribution in [0.1, 0.15) is 26.3 Å². The van der Waals surface area contributed by atoms with Crippen molar-refractivity contribution >= 4 is 23.8 Å². The molecule has 1 N–H and O–H groups in total. The Labute approximate surface area is 165 Å². The second kappa shape index (κ2) is 9.05. The molecule has 8 nitrogen and oxygen atoms in total. The molecule has 0 unspecified atom stereocenters. The fraction of sp³-hybridized carbons (Fsp3) is 0. The van der Waals surface area contributed by atoms with Crippen LogP contribution in [0.4, 0.5) is 5.69 Å². The summed E-state index contributed by atoms with van der Waals surface area (Å²) in [5.41, 5.74) is 3.34. The summed E-state index contributed by atoms with van der Waals surface area (Å²) in [6, 6.07) is 20.4. The quantitative estimate of drug-likeness (QED) is 0.228. The van der Waals surface area contributed by atoms with Gasteiger partial charge in [0.05, 0.1) is 16.7 Å². The van der Waals surface area contributed by atoms with Crippen molar-refractivity contribution in [2.75, 3.05) is 0 Å². The summed E-state index contributed by atoms with van der Waals surface area (Å²) in [5, 5.41) is 14.7. The van der Waals surface area contributed by atoms with Gasteiger partial charge >= 0.3 is 5.97 Å². The third-order valence-electron chi connectivity index (χ3n) is 3.78. The standard InChI is InChI=1S/C21H15N3O5/c25-20(16-7-2-1-3-8-16)23-22-14-15-6-4-11-19(12-15)29-21(26)17-9-5-10-18(13-17)24(27)28/h1-14H,(H,23,25). The van der Waals surface area contributed by atoms with Gasteiger partial charge in [-0.3, -0.25) is 14.9 Å². The molecule has 29 heavy (non-hydrogen) atoms. The van der Waals surface area contributed by atoms with Crippen molar-refractivity contribution in [3.05, 3.63) is 106 Å². The summed E-state index contributed by atoms with van der Waals surface area (Å²) in [5.74, 6) is -0.838. The van der Waals surface area contributed by atoms with Crippen molar-refractivity contribution in [2.45, 2.75) is 0 Å². The van der Waals surface area contributed by atoms with Crippen LogP contribution in [0.3, 0.4) is 0 Å². The largest absolute Gasteiger partial charge is 0.423 e. The van der Waals surface area contributed by atoms with Gasteiger partial charge in [0.25, 0.3) is 11.6 Å². The van der Waals surface area contributed by atoms with E-state index in [1.165, 1.54) is 24.4 Å². The maximum Gasteiger partial charge on any atom is 0.343 e. The van der Waals surface area contributed by atoms with Crippen molar-refractivity contribution in [1.82, 2.24) is 5.43 Å². The maximum absolute atomic E-state index is 12.2. The van der Waals surface area contributed by atoms with Crippen LogP contribution in [0, 0.1) is 10.1 Å². The molecule has 0 saturated heterocycles. The van der Waals surface area contributed by atoms with Gasteiger partial charge in [-0.15, -0.1) is 0 Å². The first-order valence-electron chi connectivity index (χ1n) is 8.48. The van der Waals surface area contributed by atoms with Crippen molar-refractivity contribution in [1.29, 1.82) is 0 Å². The highest BCUT2D eigenvalue weighted by Gasteiger charge is 2.13. The van der Waals surface area contributed by atoms with Crippen LogP contribution < -0.4 is 10.2 Å². The first-order valence-corrected chi connectivity index (χ1v) is 8.48. The van der Waals surface area contributed by atoms with Gasteiger partial charge in [-0.1, -0.05) is 36.4 Å². The zero-order valence-electron chi connectivity index (χ0n) is 15.0. The van der Waals surface area contributed by atoms with Crippen molar-refractivity contribution in [3.63, 3.8) is 0 Å². The molecule has 0 aromatic heterocycles. The molecule has 3 rings (SSSR count). The molecule has 0 bridgehead atoms. The average molecular weight is 389 g/mol. The molecule has 0 aliphatic rings. The fourth-order valence-electron chi connectivity index (χ4n) is 2.39. The Balaban J connectivity index is 1.65. The number of hydrogen-bond acceptors (Lipinski definition) is 6. The molecule has 3 aromatic carbocycles. The van der Waals surface area contributed by atoms with E-state index in [1.54, 1.807) is 54.6 Å². The molecule has 0 heterocycles. The zero-order valence-corrected chi connectivity index (χ0v) is 15.0. The highest BCUT2D eigenvalue weighted by atomic mass is 16.6. The highest BCUT2D eigenvalue weighted by Crippen LogP contribution is 2.17. The monoisotopic (exact) mass is 389 g/mol. The van der Waals surface area contributed by atoms with Gasteiger partial charge in [0.15, 0.2) is 0 Å². The number of benzene rings is 3. The lowest BCUT2D eigenvalue weighted by Gasteiger charge is -2.05. The summed E-state index contributed by atoms with van der Waals surface area (Å²) in [7, 11) is 0. The van der Waals surface area contributed by atoms with Crippen LogP contribution in [0.5, 0.6) is 5.75 Å². The third kappa shape index (κ3) is 5.33. The molecule has 0 atom stereocenters. The molecule has 0 radical (unpaired) electrons. The van der Waals surface area contributed by atoms with E-state index in [2.05, 4.69) is 10.5 Å². The molecule has 0 spiro atoms. The molecule has 144 valence electrons. The van der Waals surface area contributed by atoms with Crippen molar-refractivity contribution < 1.29 is 19.2 Å². The summed E-state index contributed by atoms with van der Waals surface area (Å²) in [6.45, 7) is 0. The Morgan fingerprint density at radius 3 is 2.41 bits per heavy atom. The predicted molar refractivity (Wildman–Crippen MR) is 106 cm³/mol. The summed E-state index contributed by atoms with van der Waals surface area (Å²) < 4.78 is 5.26. The number of amides is 1. The van der Waals surface area contributed by atoms with E-state index in [4.69, 9.17) is 4.74 Å². The van der Waals surface area contributed by atoms with E-state index in [0.717, 1.165) is 6.07 Å². The minimum Gasteiger partial charge on any atom is -0.423 e. The number of carbonyl (C=O) groups is 2. The number of nitrogens with zero attached hydrogens (tertiary/aromatic N) is 2. The summed E-state index contributed by atoms with van der Waals surface area (Å²) in [4.78, 5) is 34.4. The van der Waals surface area contributed by atoms with Gasteiger partial charge in [0, 0.05) is 17.7 Å². The lowest BCUT2D eigenvalue weighted by Crippen LogP contribution is -2.17. The van der Waals surface area contributed by atoms with Gasteiger partial charge in [-0.25, -0.2) is 10.2 Å². The van der Waals surface area contributed by atoms with E-state index in [0.29, 0.717) is 11.1 Å². The third-order valence-corrected chi connectivity index (χ3v) is 3.78. The van der Waals surface area contributed by atoms with Crippen LogP contribution in [0.25, 0.3) is 0 Å². The number of rotatable bonds is 6. The predicted octanol–water partition coefficient (Wildman–Crippen LogP) is 3.58. The van der Waals surface area contributed by atoms with Gasteiger partial charge in [-0.05, 0) is 35.9 Å². The second-order valence-electron chi connectivity index (χ2n) is 5.83. The van der Waals surface area contributed by atoms with Crippen LogP contribution in [-0.2, 0) is 0 Å². The van der Waals surface area contributed by atoms with Crippen LogP contribution in [-0.4, -0.2) is 23.0 Å². The molecule has 0 aliphatic carbocycles. The SMILES string of the molecule is O=C(NN=Cc1cccc(OC(=O)c2cccc([N+](=O)[O-])c2)c1)c1ccccc1. The van der Waals surface area contributed by atoms with Crippen molar-refractivity contribution in [2.24, 2.45) is 5.10 Å². The van der Waals surface area contributed by atoms with Gasteiger partial charge < -0.3 is 4.74 Å².